The topological polar surface area (TPSA) is 31.2 Å². The number of nitrogens with zero attached hydrogens (tertiary/aromatic N) is 1. The number of esters is 1. The van der Waals surface area contributed by atoms with Gasteiger partial charge < -0.3 is 9.30 Å². The van der Waals surface area contributed by atoms with E-state index in [1.54, 1.807) is 6.92 Å². The molecule has 2 aromatic rings. The molecular weight excluding hydrogens is 214 g/mol. The van der Waals surface area contributed by atoms with Crippen molar-refractivity contribution in [1.29, 1.82) is 0 Å². The summed E-state index contributed by atoms with van der Waals surface area (Å²) in [7, 11) is 3.37. The van der Waals surface area contributed by atoms with E-state index in [-0.39, 0.29) is 5.97 Å². The van der Waals surface area contributed by atoms with Gasteiger partial charge in [0.15, 0.2) is 0 Å². The van der Waals surface area contributed by atoms with E-state index in [1.165, 1.54) is 12.5 Å². The van der Waals surface area contributed by atoms with Crippen molar-refractivity contribution in [2.45, 2.75) is 6.92 Å². The average Bonchev–Trinajstić information content (AvgIpc) is 2.66. The van der Waals surface area contributed by atoms with E-state index < -0.39 is 0 Å². The number of carbonyl (C=O) groups is 1. The molecule has 0 saturated carbocycles. The summed E-state index contributed by atoms with van der Waals surface area (Å²) in [5, 5.41) is 1.17. The Bertz CT molecular complexity index is 593. The summed E-state index contributed by atoms with van der Waals surface area (Å²) in [6.07, 6.45) is 1.84. The fourth-order valence-electron chi connectivity index (χ4n) is 1.89. The molecule has 0 bridgehead atoms. The lowest BCUT2D eigenvalue weighted by Gasteiger charge is -2.01. The second kappa shape index (κ2) is 4.45. The Morgan fingerprint density at radius 3 is 2.71 bits per heavy atom. The van der Waals surface area contributed by atoms with Crippen LogP contribution < -0.4 is 0 Å². The summed E-state index contributed by atoms with van der Waals surface area (Å²) >= 11 is 0. The Morgan fingerprint density at radius 1 is 1.35 bits per heavy atom. The SMILES string of the molecule is COC(=O)/C(C)=C/c1cc2ccccc2n1C. The Morgan fingerprint density at radius 2 is 2.06 bits per heavy atom. The van der Waals surface area contributed by atoms with Crippen LogP contribution in [0.1, 0.15) is 12.6 Å². The number of carbonyl (C=O) groups excluding carboxylic acids is 1. The molecule has 2 rings (SSSR count). The summed E-state index contributed by atoms with van der Waals surface area (Å²) in [5.74, 6) is -0.296. The van der Waals surface area contributed by atoms with E-state index in [0.717, 1.165) is 11.2 Å². The van der Waals surface area contributed by atoms with Gasteiger partial charge in [-0.2, -0.15) is 0 Å². The highest BCUT2D eigenvalue weighted by Crippen LogP contribution is 2.20. The number of aromatic nitrogens is 1. The van der Waals surface area contributed by atoms with Crippen LogP contribution in [-0.4, -0.2) is 17.6 Å². The molecule has 0 radical (unpaired) electrons. The molecule has 0 N–H and O–H groups in total. The Labute approximate surface area is 100 Å². The van der Waals surface area contributed by atoms with Crippen LogP contribution in [-0.2, 0) is 16.6 Å². The Kier molecular flexibility index (Phi) is 3.00. The number of para-hydroxylation sites is 1. The van der Waals surface area contributed by atoms with Gasteiger partial charge in [-0.05, 0) is 25.1 Å². The molecule has 0 aliphatic heterocycles. The Balaban J connectivity index is 2.50. The van der Waals surface area contributed by atoms with Crippen molar-refractivity contribution >= 4 is 22.9 Å². The molecule has 0 saturated heterocycles. The second-order valence-corrected chi connectivity index (χ2v) is 4.01. The predicted molar refractivity (Wildman–Crippen MR) is 68.6 cm³/mol. The average molecular weight is 229 g/mol. The molecule has 1 aromatic heterocycles. The van der Waals surface area contributed by atoms with Crippen molar-refractivity contribution in [3.05, 3.63) is 41.6 Å². The lowest BCUT2D eigenvalue weighted by molar-refractivity contribution is -0.135. The normalized spacial score (nSPS) is 11.8. The number of ether oxygens (including phenoxy) is 1. The van der Waals surface area contributed by atoms with Crippen LogP contribution in [0.3, 0.4) is 0 Å². The summed E-state index contributed by atoms with van der Waals surface area (Å²) in [5.41, 5.74) is 2.74. The molecule has 17 heavy (non-hydrogen) atoms. The first-order chi connectivity index (χ1) is 8.13. The van der Waals surface area contributed by atoms with Crippen molar-refractivity contribution in [2.75, 3.05) is 7.11 Å². The fourth-order valence-corrected chi connectivity index (χ4v) is 1.89. The monoisotopic (exact) mass is 229 g/mol. The molecule has 0 unspecified atom stereocenters. The first-order valence-electron chi connectivity index (χ1n) is 5.44. The molecule has 1 aromatic carbocycles. The third-order valence-corrected chi connectivity index (χ3v) is 2.86. The van der Waals surface area contributed by atoms with Crippen molar-refractivity contribution in [1.82, 2.24) is 4.57 Å². The largest absolute Gasteiger partial charge is 0.466 e. The highest BCUT2D eigenvalue weighted by Gasteiger charge is 2.07. The van der Waals surface area contributed by atoms with Crippen LogP contribution in [0, 0.1) is 0 Å². The molecule has 0 spiro atoms. The number of benzene rings is 1. The summed E-state index contributed by atoms with van der Waals surface area (Å²) in [6, 6.07) is 10.2. The standard InChI is InChI=1S/C14H15NO2/c1-10(14(16)17-3)8-12-9-11-6-4-5-7-13(11)15(12)2/h4-9H,1-3H3/b10-8+. The minimum Gasteiger partial charge on any atom is -0.466 e. The number of aryl methyl sites for hydroxylation is 1. The zero-order valence-electron chi connectivity index (χ0n) is 10.2. The maximum absolute atomic E-state index is 11.3. The lowest BCUT2D eigenvalue weighted by atomic mass is 10.2. The molecule has 3 heteroatoms. The number of methoxy groups -OCH3 is 1. The molecule has 0 amide bonds. The maximum atomic E-state index is 11.3. The minimum absolute atomic E-state index is 0.296. The van der Waals surface area contributed by atoms with Crippen LogP contribution >= 0.6 is 0 Å². The van der Waals surface area contributed by atoms with E-state index in [2.05, 4.69) is 27.5 Å². The van der Waals surface area contributed by atoms with Gasteiger partial charge in [0.1, 0.15) is 0 Å². The van der Waals surface area contributed by atoms with Crippen molar-refractivity contribution in [3.63, 3.8) is 0 Å². The van der Waals surface area contributed by atoms with Gasteiger partial charge in [-0.15, -0.1) is 0 Å². The highest BCUT2D eigenvalue weighted by atomic mass is 16.5. The third-order valence-electron chi connectivity index (χ3n) is 2.86. The zero-order valence-corrected chi connectivity index (χ0v) is 10.2. The molecule has 3 nitrogen and oxygen atoms in total. The van der Waals surface area contributed by atoms with E-state index in [4.69, 9.17) is 0 Å². The molecule has 0 aliphatic rings. The zero-order chi connectivity index (χ0) is 12.4. The first-order valence-corrected chi connectivity index (χ1v) is 5.44. The van der Waals surface area contributed by atoms with Crippen LogP contribution in [0.25, 0.3) is 17.0 Å². The third kappa shape index (κ3) is 2.09. The van der Waals surface area contributed by atoms with Crippen LogP contribution in [0.15, 0.2) is 35.9 Å². The van der Waals surface area contributed by atoms with Crippen molar-refractivity contribution in [2.24, 2.45) is 7.05 Å². The first kappa shape index (κ1) is 11.5. The van der Waals surface area contributed by atoms with E-state index >= 15 is 0 Å². The Hall–Kier alpha value is -2.03. The van der Waals surface area contributed by atoms with Gasteiger partial charge in [0.25, 0.3) is 0 Å². The quantitative estimate of drug-likeness (QED) is 0.585. The number of rotatable bonds is 2. The van der Waals surface area contributed by atoms with Gasteiger partial charge in [-0.25, -0.2) is 4.79 Å². The summed E-state index contributed by atoms with van der Waals surface area (Å²) < 4.78 is 6.74. The molecule has 0 atom stereocenters. The summed E-state index contributed by atoms with van der Waals surface area (Å²) in [6.45, 7) is 1.75. The van der Waals surface area contributed by atoms with Gasteiger partial charge in [-0.1, -0.05) is 18.2 Å². The van der Waals surface area contributed by atoms with Gasteiger partial charge >= 0.3 is 5.97 Å². The van der Waals surface area contributed by atoms with E-state index in [1.807, 2.05) is 25.3 Å². The maximum Gasteiger partial charge on any atom is 0.333 e. The predicted octanol–water partition coefficient (Wildman–Crippen LogP) is 2.75. The van der Waals surface area contributed by atoms with Crippen LogP contribution in [0.2, 0.25) is 0 Å². The molecule has 1 heterocycles. The smallest absolute Gasteiger partial charge is 0.333 e. The van der Waals surface area contributed by atoms with Gasteiger partial charge in [0.05, 0.1) is 7.11 Å². The molecular formula is C14H15NO2. The second-order valence-electron chi connectivity index (χ2n) is 4.01. The number of hydrogen-bond acceptors (Lipinski definition) is 2. The molecule has 88 valence electrons. The molecule has 0 fully saturated rings. The van der Waals surface area contributed by atoms with Crippen LogP contribution in [0.5, 0.6) is 0 Å². The van der Waals surface area contributed by atoms with Crippen molar-refractivity contribution in [3.8, 4) is 0 Å². The van der Waals surface area contributed by atoms with Gasteiger partial charge in [-0.3, -0.25) is 0 Å². The minimum atomic E-state index is -0.296. The highest BCUT2D eigenvalue weighted by molar-refractivity contribution is 5.94. The molecule has 0 aliphatic carbocycles. The van der Waals surface area contributed by atoms with E-state index in [9.17, 15) is 4.79 Å². The number of hydrogen-bond donors (Lipinski definition) is 0. The van der Waals surface area contributed by atoms with Gasteiger partial charge in [0, 0.05) is 29.2 Å². The van der Waals surface area contributed by atoms with E-state index in [0.29, 0.717) is 5.57 Å². The lowest BCUT2D eigenvalue weighted by Crippen LogP contribution is -2.02. The van der Waals surface area contributed by atoms with Crippen LogP contribution in [0.4, 0.5) is 0 Å². The van der Waals surface area contributed by atoms with Gasteiger partial charge in [0.2, 0.25) is 0 Å². The summed E-state index contributed by atoms with van der Waals surface area (Å²) in [4.78, 5) is 11.3. The van der Waals surface area contributed by atoms with Crippen molar-refractivity contribution < 1.29 is 9.53 Å². The fraction of sp³-hybridized carbons (Fsp3) is 0.214. The number of fused-ring (bicyclic) bond motifs is 1.